The normalized spacial score (nSPS) is 14.2. The van der Waals surface area contributed by atoms with Crippen molar-refractivity contribution in [3.63, 3.8) is 0 Å². The summed E-state index contributed by atoms with van der Waals surface area (Å²) in [7, 11) is 1.54. The van der Waals surface area contributed by atoms with Crippen molar-refractivity contribution in [1.29, 1.82) is 0 Å². The molecule has 0 radical (unpaired) electrons. The van der Waals surface area contributed by atoms with Gasteiger partial charge >= 0.3 is 0 Å². The summed E-state index contributed by atoms with van der Waals surface area (Å²) in [6, 6.07) is 10.2. The molecule has 0 atom stereocenters. The smallest absolute Gasteiger partial charge is 0.267 e. The van der Waals surface area contributed by atoms with Crippen molar-refractivity contribution < 1.29 is 14.0 Å². The third kappa shape index (κ3) is 4.50. The molecule has 3 rings (SSSR count). The van der Waals surface area contributed by atoms with Crippen LogP contribution in [0.15, 0.2) is 47.7 Å². The van der Waals surface area contributed by atoms with Gasteiger partial charge in [-0.25, -0.2) is 9.40 Å². The number of hydrazone groups is 1. The second-order valence-corrected chi connectivity index (χ2v) is 6.11. The van der Waals surface area contributed by atoms with Gasteiger partial charge in [0, 0.05) is 26.1 Å². The summed E-state index contributed by atoms with van der Waals surface area (Å²) in [5.41, 5.74) is 2.89. The number of nitrogens with zero attached hydrogens (tertiary/aromatic N) is 3. The summed E-state index contributed by atoms with van der Waals surface area (Å²) in [5, 5.41) is 7.93. The van der Waals surface area contributed by atoms with Gasteiger partial charge in [0.2, 0.25) is 5.91 Å². The zero-order valence-corrected chi connectivity index (χ0v) is 14.4. The summed E-state index contributed by atoms with van der Waals surface area (Å²) in [5.74, 6) is -0.653. The molecule has 0 saturated heterocycles. The van der Waals surface area contributed by atoms with Crippen molar-refractivity contribution in [2.24, 2.45) is 5.10 Å². The second-order valence-electron chi connectivity index (χ2n) is 6.11. The van der Waals surface area contributed by atoms with E-state index < -0.39 is 0 Å². The van der Waals surface area contributed by atoms with Crippen molar-refractivity contribution in [3.05, 3.63) is 65.2 Å². The maximum Gasteiger partial charge on any atom is 0.267 e. The van der Waals surface area contributed by atoms with E-state index in [0.717, 1.165) is 11.1 Å². The van der Waals surface area contributed by atoms with Gasteiger partial charge in [-0.05, 0) is 35.7 Å². The Hall–Kier alpha value is -3.09. The molecular formula is C19H19FN4O2. The Balaban J connectivity index is 1.55. The van der Waals surface area contributed by atoms with Crippen molar-refractivity contribution in [3.8, 4) is 0 Å². The second kappa shape index (κ2) is 7.86. The Labute approximate surface area is 150 Å². The number of hydrogen-bond acceptors (Lipinski definition) is 4. The standard InChI is InChI=1S/C19H19FN4O2/c1-24-18(25)8-7-17(23-24)19(26)22-12-16-6-5-14(11-21-16)9-13-3-2-4-15(20)10-13/h2-6,10-11H,7-9,12H2,1H3,(H,22,26). The Bertz CT molecular complexity index is 849. The molecule has 1 aromatic carbocycles. The highest BCUT2D eigenvalue weighted by Crippen LogP contribution is 2.11. The lowest BCUT2D eigenvalue weighted by Crippen LogP contribution is -2.37. The first kappa shape index (κ1) is 17.7. The monoisotopic (exact) mass is 354 g/mol. The lowest BCUT2D eigenvalue weighted by atomic mass is 10.1. The van der Waals surface area contributed by atoms with Crippen LogP contribution in [0.3, 0.4) is 0 Å². The number of nitrogens with one attached hydrogen (secondary N) is 1. The van der Waals surface area contributed by atoms with Crippen LogP contribution in [0.25, 0.3) is 0 Å². The van der Waals surface area contributed by atoms with Gasteiger partial charge in [0.25, 0.3) is 5.91 Å². The molecule has 2 heterocycles. The zero-order chi connectivity index (χ0) is 18.5. The van der Waals surface area contributed by atoms with E-state index in [1.807, 2.05) is 18.2 Å². The van der Waals surface area contributed by atoms with Gasteiger partial charge in [-0.2, -0.15) is 5.10 Å². The maximum absolute atomic E-state index is 13.2. The van der Waals surface area contributed by atoms with Crippen LogP contribution in [0.2, 0.25) is 0 Å². The summed E-state index contributed by atoms with van der Waals surface area (Å²) >= 11 is 0. The van der Waals surface area contributed by atoms with E-state index in [2.05, 4.69) is 15.4 Å². The van der Waals surface area contributed by atoms with Crippen molar-refractivity contribution in [1.82, 2.24) is 15.3 Å². The molecule has 1 aromatic heterocycles. The molecule has 0 fully saturated rings. The largest absolute Gasteiger partial charge is 0.345 e. The highest BCUT2D eigenvalue weighted by Gasteiger charge is 2.21. The van der Waals surface area contributed by atoms with Gasteiger partial charge in [-0.15, -0.1) is 0 Å². The molecule has 0 bridgehead atoms. The molecule has 7 heteroatoms. The zero-order valence-electron chi connectivity index (χ0n) is 14.4. The third-order valence-electron chi connectivity index (χ3n) is 4.08. The highest BCUT2D eigenvalue weighted by molar-refractivity contribution is 6.39. The van der Waals surface area contributed by atoms with Gasteiger partial charge < -0.3 is 5.32 Å². The lowest BCUT2D eigenvalue weighted by Gasteiger charge is -2.18. The van der Waals surface area contributed by atoms with Crippen LogP contribution in [0.5, 0.6) is 0 Å². The number of rotatable bonds is 5. The molecule has 26 heavy (non-hydrogen) atoms. The minimum Gasteiger partial charge on any atom is -0.345 e. The Kier molecular flexibility index (Phi) is 5.36. The van der Waals surface area contributed by atoms with Gasteiger partial charge in [0.15, 0.2) is 0 Å². The average molecular weight is 354 g/mol. The Morgan fingerprint density at radius 1 is 1.23 bits per heavy atom. The van der Waals surface area contributed by atoms with Crippen LogP contribution < -0.4 is 5.32 Å². The van der Waals surface area contributed by atoms with Crippen molar-refractivity contribution >= 4 is 17.5 Å². The molecule has 0 aliphatic carbocycles. The van der Waals surface area contributed by atoms with E-state index in [4.69, 9.17) is 0 Å². The summed E-state index contributed by atoms with van der Waals surface area (Å²) < 4.78 is 13.2. The average Bonchev–Trinajstić information content (AvgIpc) is 2.63. The number of hydrogen-bond donors (Lipinski definition) is 1. The van der Waals surface area contributed by atoms with Crippen LogP contribution in [0.4, 0.5) is 4.39 Å². The Morgan fingerprint density at radius 3 is 2.77 bits per heavy atom. The molecule has 2 amide bonds. The van der Waals surface area contributed by atoms with E-state index in [0.29, 0.717) is 24.2 Å². The van der Waals surface area contributed by atoms with Crippen molar-refractivity contribution in [2.45, 2.75) is 25.8 Å². The number of halogens is 1. The molecule has 0 saturated carbocycles. The van der Waals surface area contributed by atoms with Gasteiger partial charge in [0.05, 0.1) is 12.2 Å². The van der Waals surface area contributed by atoms with Crippen LogP contribution in [0.1, 0.15) is 29.7 Å². The summed E-state index contributed by atoms with van der Waals surface area (Å²) in [4.78, 5) is 27.8. The Morgan fingerprint density at radius 2 is 2.08 bits per heavy atom. The molecule has 2 aromatic rings. The van der Waals surface area contributed by atoms with Crippen LogP contribution in [-0.2, 0) is 22.6 Å². The molecule has 0 spiro atoms. The van der Waals surface area contributed by atoms with Gasteiger partial charge in [0.1, 0.15) is 11.5 Å². The number of pyridine rings is 1. The van der Waals surface area contributed by atoms with E-state index in [-0.39, 0.29) is 30.6 Å². The predicted octanol–water partition coefficient (Wildman–Crippen LogP) is 2.04. The molecule has 1 N–H and O–H groups in total. The fourth-order valence-electron chi connectivity index (χ4n) is 2.65. The minimum atomic E-state index is -0.296. The minimum absolute atomic E-state index is 0.0999. The fourth-order valence-corrected chi connectivity index (χ4v) is 2.65. The first-order chi connectivity index (χ1) is 12.5. The summed E-state index contributed by atoms with van der Waals surface area (Å²) in [6.45, 7) is 0.274. The summed E-state index contributed by atoms with van der Waals surface area (Å²) in [6.07, 6.45) is 2.94. The van der Waals surface area contributed by atoms with Gasteiger partial charge in [-0.3, -0.25) is 14.6 Å². The van der Waals surface area contributed by atoms with Crippen LogP contribution in [0, 0.1) is 5.82 Å². The maximum atomic E-state index is 13.2. The lowest BCUT2D eigenvalue weighted by molar-refractivity contribution is -0.130. The molecule has 134 valence electrons. The van der Waals surface area contributed by atoms with Crippen molar-refractivity contribution in [2.75, 3.05) is 7.05 Å². The number of carbonyl (C=O) groups excluding carboxylic acids is 2. The first-order valence-corrected chi connectivity index (χ1v) is 8.32. The molecule has 1 aliphatic rings. The topological polar surface area (TPSA) is 74.7 Å². The highest BCUT2D eigenvalue weighted by atomic mass is 19.1. The van der Waals surface area contributed by atoms with Crippen LogP contribution >= 0.6 is 0 Å². The first-order valence-electron chi connectivity index (χ1n) is 8.32. The molecule has 0 unspecified atom stereocenters. The van der Waals surface area contributed by atoms with E-state index in [9.17, 15) is 14.0 Å². The molecular weight excluding hydrogens is 335 g/mol. The number of aromatic nitrogens is 1. The van der Waals surface area contributed by atoms with E-state index >= 15 is 0 Å². The number of amides is 2. The number of benzene rings is 1. The van der Waals surface area contributed by atoms with Gasteiger partial charge in [-0.1, -0.05) is 18.2 Å². The third-order valence-corrected chi connectivity index (χ3v) is 4.08. The predicted molar refractivity (Wildman–Crippen MR) is 94.7 cm³/mol. The fraction of sp³-hybridized carbons (Fsp3) is 0.263. The van der Waals surface area contributed by atoms with E-state index in [1.165, 1.54) is 24.2 Å². The van der Waals surface area contributed by atoms with Crippen LogP contribution in [-0.4, -0.2) is 34.6 Å². The quantitative estimate of drug-likeness (QED) is 0.893. The van der Waals surface area contributed by atoms with E-state index in [1.54, 1.807) is 12.3 Å². The SMILES string of the molecule is CN1N=C(C(=O)NCc2ccc(Cc3cccc(F)c3)cn2)CCC1=O. The molecule has 1 aliphatic heterocycles. The number of carbonyl (C=O) groups is 2. The molecule has 6 nitrogen and oxygen atoms in total.